The van der Waals surface area contributed by atoms with Gasteiger partial charge in [-0.25, -0.2) is 4.39 Å². The van der Waals surface area contributed by atoms with Crippen molar-refractivity contribution in [1.29, 1.82) is 0 Å². The predicted octanol–water partition coefficient (Wildman–Crippen LogP) is 8.89. The first-order valence-electron chi connectivity index (χ1n) is 18.7. The number of nitrogens with one attached hydrogen (secondary N) is 2. The Kier molecular flexibility index (Phi) is 9.36. The summed E-state index contributed by atoms with van der Waals surface area (Å²) in [5.74, 6) is -6.42. The van der Waals surface area contributed by atoms with Crippen molar-refractivity contribution in [2.45, 2.75) is 24.2 Å². The number of methoxy groups -OCH3 is 1. The first-order valence-corrected chi connectivity index (χ1v) is 19.9. The number of carbonyl (C=O) groups excluding carboxylic acids is 4. The van der Waals surface area contributed by atoms with Crippen LogP contribution in [0.15, 0.2) is 131 Å². The molecule has 0 radical (unpaired) electrons. The van der Waals surface area contributed by atoms with Crippen molar-refractivity contribution in [1.82, 2.24) is 5.01 Å². The number of amides is 4. The maximum Gasteiger partial charge on any atom is 0.260 e. The van der Waals surface area contributed by atoms with Gasteiger partial charge in [0, 0.05) is 22.3 Å². The van der Waals surface area contributed by atoms with Crippen molar-refractivity contribution in [2.75, 3.05) is 22.8 Å². The van der Waals surface area contributed by atoms with Crippen molar-refractivity contribution in [3.05, 3.63) is 153 Å². The Morgan fingerprint density at radius 1 is 0.828 bits per heavy atom. The monoisotopic (exact) mass is 860 g/mol. The minimum atomic E-state index is -1.60. The van der Waals surface area contributed by atoms with Gasteiger partial charge in [-0.3, -0.25) is 29.5 Å². The van der Waals surface area contributed by atoms with E-state index in [0.717, 1.165) is 22.0 Å². The highest BCUT2D eigenvalue weighted by Gasteiger charge is 2.70. The largest absolute Gasteiger partial charge is 0.503 e. The molecule has 2 heterocycles. The first kappa shape index (κ1) is 37.6. The van der Waals surface area contributed by atoms with Gasteiger partial charge in [0.2, 0.25) is 11.8 Å². The third kappa shape index (κ3) is 5.88. The molecule has 10 nitrogen and oxygen atoms in total. The molecule has 58 heavy (non-hydrogen) atoms. The summed E-state index contributed by atoms with van der Waals surface area (Å²) in [4.78, 5) is 60.6. The second-order valence-electron chi connectivity index (χ2n) is 15.0. The molecule has 9 rings (SSSR count). The number of para-hydroxylation sites is 1. The second kappa shape index (κ2) is 14.4. The van der Waals surface area contributed by atoms with Gasteiger partial charge in [0.1, 0.15) is 5.82 Å². The van der Waals surface area contributed by atoms with Crippen LogP contribution in [0.5, 0.6) is 11.5 Å². The van der Waals surface area contributed by atoms with E-state index in [1.807, 2.05) is 48.5 Å². The van der Waals surface area contributed by atoms with Crippen LogP contribution in [-0.2, 0) is 24.6 Å². The van der Waals surface area contributed by atoms with Crippen LogP contribution in [0.3, 0.4) is 0 Å². The van der Waals surface area contributed by atoms with Crippen molar-refractivity contribution >= 4 is 73.9 Å². The van der Waals surface area contributed by atoms with Crippen LogP contribution in [-0.4, -0.2) is 40.9 Å². The number of phenols is 1. The molecule has 0 bridgehead atoms. The lowest BCUT2D eigenvalue weighted by Gasteiger charge is -2.50. The van der Waals surface area contributed by atoms with Gasteiger partial charge in [0.15, 0.2) is 11.5 Å². The molecular formula is C45H35BrClFN4O6. The Balaban J connectivity index is 1.17. The van der Waals surface area contributed by atoms with E-state index >= 15 is 4.79 Å². The Bertz CT molecular complexity index is 2520. The van der Waals surface area contributed by atoms with Crippen molar-refractivity contribution < 1.29 is 33.4 Å². The lowest BCUT2D eigenvalue weighted by molar-refractivity contribution is -0.138. The molecule has 4 amide bonds. The van der Waals surface area contributed by atoms with Gasteiger partial charge < -0.3 is 15.2 Å². The van der Waals surface area contributed by atoms with Crippen LogP contribution < -0.4 is 20.4 Å². The maximum atomic E-state index is 15.4. The minimum Gasteiger partial charge on any atom is -0.503 e. The standard InChI is InChI=1S/C45H35BrClFN4O6/c1-58-37-22-24(21-36(46)40(37)53)39-32-19-20-33-38(43(56)51(41(33)54)31-17-15-29(16-18-31)49-28-5-3-2-4-6-28)34(32)23-35-42(55)52(50-30-13-11-27(48)12-14-30)44(57)45(35,39)25-7-9-26(47)10-8-25/h2-19,21-22,33-35,38-39,49-50,53H,20,23H2,1H3. The van der Waals surface area contributed by atoms with Gasteiger partial charge in [-0.05, 0) is 131 Å². The molecule has 13 heteroatoms. The zero-order chi connectivity index (χ0) is 40.5. The van der Waals surface area contributed by atoms with E-state index in [0.29, 0.717) is 32.0 Å². The van der Waals surface area contributed by atoms with E-state index in [4.69, 9.17) is 16.3 Å². The summed E-state index contributed by atoms with van der Waals surface area (Å²) in [6.45, 7) is 0. The summed E-state index contributed by atoms with van der Waals surface area (Å²) in [6.07, 6.45) is 2.24. The average Bonchev–Trinajstić information content (AvgIpc) is 3.61. The summed E-state index contributed by atoms with van der Waals surface area (Å²) < 4.78 is 19.8. The van der Waals surface area contributed by atoms with E-state index in [9.17, 15) is 23.9 Å². The normalized spacial score (nSPS) is 24.9. The number of hydrazine groups is 1. The SMILES string of the molecule is COc1cc(C2C3=CCC4C(=O)N(c5ccc(Nc6ccccc6)cc5)C(=O)C4C3CC3C(=O)N(Nc4ccc(F)cc4)C(=O)C32c2ccc(Cl)cc2)cc(Br)c1O. The molecule has 292 valence electrons. The fourth-order valence-corrected chi connectivity index (χ4v) is 10.2. The zero-order valence-electron chi connectivity index (χ0n) is 30.9. The third-order valence-corrected chi connectivity index (χ3v) is 12.9. The fourth-order valence-electron chi connectivity index (χ4n) is 9.58. The first-order chi connectivity index (χ1) is 28.0. The number of rotatable bonds is 8. The number of carbonyl (C=O) groups is 4. The van der Waals surface area contributed by atoms with E-state index in [1.54, 1.807) is 48.5 Å². The van der Waals surface area contributed by atoms with Crippen LogP contribution >= 0.6 is 27.5 Å². The molecule has 5 aromatic rings. The van der Waals surface area contributed by atoms with Crippen molar-refractivity contribution in [3.63, 3.8) is 0 Å². The summed E-state index contributed by atoms with van der Waals surface area (Å²) >= 11 is 9.88. The summed E-state index contributed by atoms with van der Waals surface area (Å²) in [7, 11) is 1.41. The average molecular weight is 862 g/mol. The molecule has 1 saturated carbocycles. The summed E-state index contributed by atoms with van der Waals surface area (Å²) in [5, 5.41) is 15.7. The molecule has 3 N–H and O–H groups in total. The Labute approximate surface area is 346 Å². The molecule has 6 unspecified atom stereocenters. The topological polar surface area (TPSA) is 128 Å². The van der Waals surface area contributed by atoms with E-state index in [1.165, 1.54) is 36.3 Å². The second-order valence-corrected chi connectivity index (χ2v) is 16.3. The summed E-state index contributed by atoms with van der Waals surface area (Å²) in [6, 6.07) is 32.2. The maximum absolute atomic E-state index is 15.4. The number of phenolic OH excluding ortho intramolecular Hbond substituents is 1. The van der Waals surface area contributed by atoms with Crippen LogP contribution in [0.1, 0.15) is 29.9 Å². The van der Waals surface area contributed by atoms with E-state index < -0.39 is 52.6 Å². The van der Waals surface area contributed by atoms with Gasteiger partial charge in [0.05, 0.1) is 46.1 Å². The molecule has 0 aromatic heterocycles. The molecule has 4 aliphatic rings. The van der Waals surface area contributed by atoms with Crippen molar-refractivity contribution in [2.24, 2.45) is 23.7 Å². The Morgan fingerprint density at radius 3 is 2.19 bits per heavy atom. The minimum absolute atomic E-state index is 0.0709. The van der Waals surface area contributed by atoms with Gasteiger partial charge in [0.25, 0.3) is 11.8 Å². The highest BCUT2D eigenvalue weighted by molar-refractivity contribution is 9.10. The van der Waals surface area contributed by atoms with Crippen LogP contribution in [0.4, 0.5) is 27.1 Å². The molecule has 2 aliphatic heterocycles. The number of fused-ring (bicyclic) bond motifs is 4. The van der Waals surface area contributed by atoms with Gasteiger partial charge in [-0.15, -0.1) is 0 Å². The smallest absolute Gasteiger partial charge is 0.260 e. The predicted molar refractivity (Wildman–Crippen MR) is 220 cm³/mol. The number of nitrogens with zero attached hydrogens (tertiary/aromatic N) is 2. The highest BCUT2D eigenvalue weighted by atomic mass is 79.9. The summed E-state index contributed by atoms with van der Waals surface area (Å²) in [5.41, 5.74) is 5.54. The quantitative estimate of drug-likeness (QED) is 0.104. The molecule has 5 aromatic carbocycles. The molecule has 2 saturated heterocycles. The lowest BCUT2D eigenvalue weighted by atomic mass is 9.49. The number of hydrogen-bond donors (Lipinski definition) is 3. The number of aromatic hydroxyl groups is 1. The molecule has 2 aliphatic carbocycles. The molecule has 0 spiro atoms. The number of anilines is 4. The number of allylic oxidation sites excluding steroid dienone is 2. The van der Waals surface area contributed by atoms with E-state index in [-0.39, 0.29) is 36.2 Å². The highest BCUT2D eigenvalue weighted by Crippen LogP contribution is 2.65. The zero-order valence-corrected chi connectivity index (χ0v) is 33.2. The number of ether oxygens (including phenoxy) is 1. The molecule has 3 fully saturated rings. The third-order valence-electron chi connectivity index (χ3n) is 12.0. The van der Waals surface area contributed by atoms with E-state index in [2.05, 4.69) is 26.7 Å². The number of halogens is 3. The number of hydrogen-bond acceptors (Lipinski definition) is 8. The fraction of sp³-hybridized carbons (Fsp3) is 0.200. The van der Waals surface area contributed by atoms with Crippen LogP contribution in [0, 0.1) is 29.5 Å². The molecule has 6 atom stereocenters. The number of benzene rings is 5. The number of imide groups is 2. The Morgan fingerprint density at radius 2 is 1.50 bits per heavy atom. The van der Waals surface area contributed by atoms with Gasteiger partial charge in [-0.2, -0.15) is 5.01 Å². The molecular weight excluding hydrogens is 827 g/mol. The van der Waals surface area contributed by atoms with Crippen LogP contribution in [0.2, 0.25) is 5.02 Å². The van der Waals surface area contributed by atoms with Crippen molar-refractivity contribution in [3.8, 4) is 11.5 Å². The lowest BCUT2D eigenvalue weighted by Crippen LogP contribution is -2.53. The van der Waals surface area contributed by atoms with Crippen LogP contribution in [0.25, 0.3) is 0 Å². The van der Waals surface area contributed by atoms with Gasteiger partial charge >= 0.3 is 0 Å². The Hall–Kier alpha value is -5.98. The van der Waals surface area contributed by atoms with Gasteiger partial charge in [-0.1, -0.05) is 53.6 Å².